The van der Waals surface area contributed by atoms with Crippen LogP contribution in [-0.4, -0.2) is 11.1 Å². The Kier molecular flexibility index (Phi) is 2.14. The molecule has 1 unspecified atom stereocenters. The molecule has 1 atom stereocenters. The molecule has 0 amide bonds. The summed E-state index contributed by atoms with van der Waals surface area (Å²) in [5, 5.41) is 4.75. The van der Waals surface area contributed by atoms with Gasteiger partial charge in [-0.3, -0.25) is 0 Å². The molecule has 0 saturated carbocycles. The number of hydrogen-bond donors (Lipinski definition) is 1. The minimum atomic E-state index is -2.02. The lowest BCUT2D eigenvalue weighted by atomic mass is 9.90. The molecule has 0 spiro atoms. The number of nitrogens with zero attached hydrogens (tertiary/aromatic N) is 1. The van der Waals surface area contributed by atoms with Crippen LogP contribution in [0.5, 0.6) is 0 Å². The molecule has 1 aliphatic heterocycles. The maximum atomic E-state index is 7.61. The van der Waals surface area contributed by atoms with Gasteiger partial charge in [0.1, 0.15) is 0 Å². The highest BCUT2D eigenvalue weighted by Crippen LogP contribution is 2.38. The molecule has 2 aromatic rings. The third-order valence-corrected chi connectivity index (χ3v) is 4.19. The van der Waals surface area contributed by atoms with E-state index in [9.17, 15) is 0 Å². The summed E-state index contributed by atoms with van der Waals surface area (Å²) in [6.07, 6.45) is 3.44. The zero-order valence-corrected chi connectivity index (χ0v) is 11.0. The lowest BCUT2D eigenvalue weighted by molar-refractivity contribution is 0.384. The minimum absolute atomic E-state index is 0. The molecule has 3 heteroatoms. The monoisotopic (exact) mass is 265 g/mol. The van der Waals surface area contributed by atoms with Crippen LogP contribution in [0.3, 0.4) is 0 Å². The molecule has 0 saturated heterocycles. The van der Waals surface area contributed by atoms with Gasteiger partial charge in [0.2, 0.25) is 0 Å². The molecule has 96 valence electrons. The van der Waals surface area contributed by atoms with Gasteiger partial charge in [-0.2, -0.15) is 0 Å². The van der Waals surface area contributed by atoms with Crippen molar-refractivity contribution in [3.8, 4) is 0 Å². The van der Waals surface area contributed by atoms with Crippen LogP contribution < -0.4 is 5.32 Å². The fraction of sp³-hybridized carbons (Fsp3) is 0.467. The second kappa shape index (κ2) is 4.29. The van der Waals surface area contributed by atoms with Gasteiger partial charge < -0.3 is 9.88 Å². The Morgan fingerprint density at radius 2 is 2.39 bits per heavy atom. The predicted octanol–water partition coefficient (Wildman–Crippen LogP) is 3.35. The van der Waals surface area contributed by atoms with Crippen molar-refractivity contribution in [2.24, 2.45) is 0 Å². The molecule has 2 nitrogen and oxygen atoms in total. The number of nitrogens with one attached hydrogen (secondary N) is 1. The molecular weight excluding hydrogens is 244 g/mol. The molecular formula is C15H19ClN2. The zero-order chi connectivity index (χ0) is 13.9. The summed E-state index contributed by atoms with van der Waals surface area (Å²) in [5.74, 6) is 0. The van der Waals surface area contributed by atoms with Crippen molar-refractivity contribution < 1.29 is 4.11 Å². The maximum Gasteiger partial charge on any atom is 0.0486 e. The molecule has 0 fully saturated rings. The minimum Gasteiger partial charge on any atom is -0.342 e. The van der Waals surface area contributed by atoms with Crippen molar-refractivity contribution in [2.45, 2.75) is 38.7 Å². The van der Waals surface area contributed by atoms with E-state index in [1.165, 1.54) is 29.6 Å². The first-order valence-corrected chi connectivity index (χ1v) is 6.44. The number of rotatable bonds is 0. The largest absolute Gasteiger partial charge is 0.342 e. The smallest absolute Gasteiger partial charge is 0.0486 e. The number of aromatic nitrogens is 1. The Balaban J connectivity index is 0.00000132. The Morgan fingerprint density at radius 3 is 3.28 bits per heavy atom. The van der Waals surface area contributed by atoms with Crippen molar-refractivity contribution in [1.82, 2.24) is 9.88 Å². The van der Waals surface area contributed by atoms with Gasteiger partial charge in [-0.05, 0) is 43.8 Å². The lowest BCUT2D eigenvalue weighted by Crippen LogP contribution is -2.35. The molecule has 0 bridgehead atoms. The molecule has 1 N–H and O–H groups in total. The number of benzene rings is 1. The van der Waals surface area contributed by atoms with E-state index < -0.39 is 6.85 Å². The molecule has 2 aliphatic rings. The molecule has 1 aliphatic carbocycles. The molecule has 4 rings (SSSR count). The number of aryl methyl sites for hydroxylation is 2. The van der Waals surface area contributed by atoms with E-state index in [-0.39, 0.29) is 12.4 Å². The van der Waals surface area contributed by atoms with Gasteiger partial charge >= 0.3 is 0 Å². The van der Waals surface area contributed by atoms with E-state index >= 15 is 0 Å². The molecule has 2 heterocycles. The first kappa shape index (κ1) is 9.00. The van der Waals surface area contributed by atoms with Crippen LogP contribution in [0, 0.1) is 6.85 Å². The predicted molar refractivity (Wildman–Crippen MR) is 77.6 cm³/mol. The first-order valence-electron chi connectivity index (χ1n) is 7.94. The average molecular weight is 266 g/mol. The summed E-state index contributed by atoms with van der Waals surface area (Å²) in [4.78, 5) is 0. The quantitative estimate of drug-likeness (QED) is 0.773. The summed E-state index contributed by atoms with van der Waals surface area (Å²) < 4.78 is 25.2. The zero-order valence-electron chi connectivity index (χ0n) is 13.2. The van der Waals surface area contributed by atoms with Crippen molar-refractivity contribution in [1.29, 1.82) is 0 Å². The number of hydrogen-bond acceptors (Lipinski definition) is 1. The molecule has 0 radical (unpaired) electrons. The van der Waals surface area contributed by atoms with Crippen molar-refractivity contribution in [3.05, 3.63) is 35.0 Å². The van der Waals surface area contributed by atoms with Crippen molar-refractivity contribution in [3.63, 3.8) is 0 Å². The third kappa shape index (κ3) is 1.52. The summed E-state index contributed by atoms with van der Waals surface area (Å²) in [6.45, 7) is -0.0347. The van der Waals surface area contributed by atoms with E-state index in [4.69, 9.17) is 4.11 Å². The highest BCUT2D eigenvalue weighted by molar-refractivity contribution is 5.87. The topological polar surface area (TPSA) is 17.0 Å². The Labute approximate surface area is 118 Å². The van der Waals surface area contributed by atoms with Crippen LogP contribution >= 0.6 is 12.4 Å². The fourth-order valence-electron chi connectivity index (χ4n) is 3.51. The van der Waals surface area contributed by atoms with Gasteiger partial charge in [0.25, 0.3) is 0 Å². The van der Waals surface area contributed by atoms with Crippen LogP contribution in [0.15, 0.2) is 18.2 Å². The maximum absolute atomic E-state index is 7.61. The van der Waals surface area contributed by atoms with Gasteiger partial charge in [-0.25, -0.2) is 0 Å². The Hall–Kier alpha value is -0.990. The standard InChI is InChI=1S/C15H18N2.ClH/c1-10-5-6-14-12(9-10)11-3-2-4-13-15(11)17(14)8-7-16-13;/h5-6,9,13,16H,2-4,7-8H2,1H3;1H/i1D3;. The fourth-order valence-corrected chi connectivity index (χ4v) is 3.51. The third-order valence-electron chi connectivity index (χ3n) is 4.19. The normalized spacial score (nSPS) is 24.7. The van der Waals surface area contributed by atoms with Gasteiger partial charge in [0, 0.05) is 39.8 Å². The van der Waals surface area contributed by atoms with E-state index in [0.717, 1.165) is 24.9 Å². The highest BCUT2D eigenvalue weighted by Gasteiger charge is 2.29. The summed E-state index contributed by atoms with van der Waals surface area (Å²) >= 11 is 0. The van der Waals surface area contributed by atoms with Crippen LogP contribution in [0.2, 0.25) is 0 Å². The van der Waals surface area contributed by atoms with Gasteiger partial charge in [0.15, 0.2) is 0 Å². The lowest BCUT2D eigenvalue weighted by Gasteiger charge is -2.31. The molecule has 1 aromatic heterocycles. The Bertz CT molecular complexity index is 688. The second-order valence-corrected chi connectivity index (χ2v) is 5.15. The second-order valence-electron chi connectivity index (χ2n) is 5.15. The molecule has 18 heavy (non-hydrogen) atoms. The SMILES string of the molecule is Cl.[2H]C([2H])([2H])c1ccc2c(c1)c1c3n2CCNC3CCC1. The van der Waals surface area contributed by atoms with Crippen LogP contribution in [0.25, 0.3) is 10.9 Å². The van der Waals surface area contributed by atoms with Gasteiger partial charge in [-0.15, -0.1) is 12.4 Å². The molecule has 1 aromatic carbocycles. The van der Waals surface area contributed by atoms with E-state index in [1.54, 1.807) is 6.07 Å². The number of halogens is 1. The summed E-state index contributed by atoms with van der Waals surface area (Å²) in [7, 11) is 0. The van der Waals surface area contributed by atoms with Crippen LogP contribution in [0.1, 0.15) is 39.8 Å². The van der Waals surface area contributed by atoms with Crippen LogP contribution in [0.4, 0.5) is 0 Å². The van der Waals surface area contributed by atoms with Crippen molar-refractivity contribution in [2.75, 3.05) is 6.54 Å². The van der Waals surface area contributed by atoms with Gasteiger partial charge in [0.05, 0.1) is 0 Å². The van der Waals surface area contributed by atoms with Crippen molar-refractivity contribution >= 4 is 23.3 Å². The van der Waals surface area contributed by atoms with E-state index in [2.05, 4.69) is 9.88 Å². The van der Waals surface area contributed by atoms with E-state index in [0.29, 0.717) is 11.6 Å². The van der Waals surface area contributed by atoms with Crippen LogP contribution in [-0.2, 0) is 13.0 Å². The first-order chi connectivity index (χ1) is 9.55. The van der Waals surface area contributed by atoms with Gasteiger partial charge in [-0.1, -0.05) is 11.6 Å². The highest BCUT2D eigenvalue weighted by atomic mass is 35.5. The summed E-state index contributed by atoms with van der Waals surface area (Å²) in [6, 6.07) is 6.11. The Morgan fingerprint density at radius 1 is 1.44 bits per heavy atom. The van der Waals surface area contributed by atoms with E-state index in [1.807, 2.05) is 12.1 Å². The number of fused-ring (bicyclic) bond motifs is 3. The average Bonchev–Trinajstić information content (AvgIpc) is 2.75. The summed E-state index contributed by atoms with van der Waals surface area (Å²) in [5.41, 5.74) is 4.44.